The lowest BCUT2D eigenvalue weighted by Gasteiger charge is -2.37. The maximum Gasteiger partial charge on any atom is 0.410 e. The van der Waals surface area contributed by atoms with E-state index in [9.17, 15) is 9.59 Å². The van der Waals surface area contributed by atoms with Crippen LogP contribution < -0.4 is 0 Å². The number of nitrogens with zero attached hydrogens (tertiary/aromatic N) is 2. The monoisotopic (exact) mass is 416 g/mol. The maximum absolute atomic E-state index is 12.9. The second-order valence-corrected chi connectivity index (χ2v) is 10.2. The summed E-state index contributed by atoms with van der Waals surface area (Å²) in [6.45, 7) is 8.47. The lowest BCUT2D eigenvalue weighted by atomic mass is 9.94. The fourth-order valence-corrected chi connectivity index (χ4v) is 4.93. The molecular formula is C23H32N2O3S. The number of likely N-dealkylation sites (tertiary alicyclic amines) is 2. The summed E-state index contributed by atoms with van der Waals surface area (Å²) < 4.78 is 5.44. The number of carbonyl (C=O) groups excluding carboxylic acids is 2. The minimum absolute atomic E-state index is 0.0293. The average Bonchev–Trinajstić information content (AvgIpc) is 2.95. The molecule has 0 saturated carbocycles. The normalized spacial score (nSPS) is 21.1. The highest BCUT2D eigenvalue weighted by molar-refractivity contribution is 8.03. The predicted molar refractivity (Wildman–Crippen MR) is 118 cm³/mol. The van der Waals surface area contributed by atoms with E-state index in [1.807, 2.05) is 55.7 Å². The molecule has 2 aliphatic heterocycles. The summed E-state index contributed by atoms with van der Waals surface area (Å²) in [4.78, 5) is 30.2. The van der Waals surface area contributed by atoms with E-state index in [2.05, 4.69) is 17.9 Å². The number of hydrogen-bond donors (Lipinski definition) is 0. The van der Waals surface area contributed by atoms with Gasteiger partial charge in [0, 0.05) is 42.3 Å². The van der Waals surface area contributed by atoms with Crippen LogP contribution in [-0.2, 0) is 9.53 Å². The number of amides is 2. The molecule has 1 aliphatic carbocycles. The maximum atomic E-state index is 12.9. The topological polar surface area (TPSA) is 49.9 Å². The largest absolute Gasteiger partial charge is 0.444 e. The molecule has 3 aliphatic rings. The quantitative estimate of drug-likeness (QED) is 0.635. The molecule has 2 fully saturated rings. The average molecular weight is 417 g/mol. The first-order chi connectivity index (χ1) is 13.8. The van der Waals surface area contributed by atoms with Gasteiger partial charge in [0.05, 0.1) is 0 Å². The summed E-state index contributed by atoms with van der Waals surface area (Å²) in [7, 11) is 0. The minimum Gasteiger partial charge on any atom is -0.444 e. The van der Waals surface area contributed by atoms with Crippen LogP contribution in [0.5, 0.6) is 0 Å². The predicted octanol–water partition coefficient (Wildman–Crippen LogP) is 4.52. The van der Waals surface area contributed by atoms with Crippen molar-refractivity contribution < 1.29 is 14.3 Å². The Bertz CT molecular complexity index is 728. The van der Waals surface area contributed by atoms with Crippen molar-refractivity contribution in [3.8, 4) is 0 Å². The molecule has 6 heteroatoms. The summed E-state index contributed by atoms with van der Waals surface area (Å²) in [6, 6.07) is 0. The second kappa shape index (κ2) is 9.73. The van der Waals surface area contributed by atoms with Crippen LogP contribution in [-0.4, -0.2) is 58.8 Å². The van der Waals surface area contributed by atoms with Crippen molar-refractivity contribution in [1.29, 1.82) is 0 Å². The zero-order chi connectivity index (χ0) is 20.9. The lowest BCUT2D eigenvalue weighted by molar-refractivity contribution is -0.137. The number of hydrogen-bond acceptors (Lipinski definition) is 4. The summed E-state index contributed by atoms with van der Waals surface area (Å²) in [5, 5.41) is 0.551. The first-order valence-electron chi connectivity index (χ1n) is 10.5. The smallest absolute Gasteiger partial charge is 0.410 e. The number of allylic oxidation sites excluding steroid dienone is 4. The van der Waals surface area contributed by atoms with E-state index in [-0.39, 0.29) is 17.9 Å². The zero-order valence-corrected chi connectivity index (χ0v) is 18.5. The van der Waals surface area contributed by atoms with Gasteiger partial charge in [-0.2, -0.15) is 0 Å². The van der Waals surface area contributed by atoms with E-state index >= 15 is 0 Å². The zero-order valence-electron chi connectivity index (χ0n) is 17.7. The van der Waals surface area contributed by atoms with Crippen molar-refractivity contribution in [2.75, 3.05) is 26.2 Å². The van der Waals surface area contributed by atoms with E-state index in [1.54, 1.807) is 4.90 Å². The minimum atomic E-state index is -0.485. The second-order valence-electron chi connectivity index (χ2n) is 8.81. The molecule has 29 heavy (non-hydrogen) atoms. The highest BCUT2D eigenvalue weighted by Gasteiger charge is 2.33. The van der Waals surface area contributed by atoms with Crippen molar-refractivity contribution >= 4 is 23.8 Å². The van der Waals surface area contributed by atoms with Gasteiger partial charge in [0.25, 0.3) is 0 Å². The van der Waals surface area contributed by atoms with E-state index in [0.717, 1.165) is 38.8 Å². The molecule has 5 nitrogen and oxygen atoms in total. The first kappa shape index (κ1) is 21.8. The van der Waals surface area contributed by atoms with Crippen LogP contribution in [0.15, 0.2) is 41.0 Å². The SMILES string of the molecule is CC(C)(C)OC(=O)N1CCC(C(=O)N2CCC(SC3=CC=C=CC=C3)CC2)CC1. The fraction of sp³-hybridized carbons (Fsp3) is 0.609. The van der Waals surface area contributed by atoms with E-state index in [4.69, 9.17) is 4.74 Å². The number of ether oxygens (including phenoxy) is 1. The van der Waals surface area contributed by atoms with Gasteiger partial charge in [-0.25, -0.2) is 4.79 Å². The molecule has 0 bridgehead atoms. The molecule has 0 aromatic carbocycles. The Hall–Kier alpha value is -1.91. The van der Waals surface area contributed by atoms with Crippen molar-refractivity contribution in [3.05, 3.63) is 41.0 Å². The number of carbonyl (C=O) groups is 2. The first-order valence-corrected chi connectivity index (χ1v) is 11.4. The highest BCUT2D eigenvalue weighted by atomic mass is 32.2. The molecule has 0 atom stereocenters. The fourth-order valence-electron chi connectivity index (χ4n) is 3.80. The molecule has 0 radical (unpaired) electrons. The number of rotatable bonds is 3. The van der Waals surface area contributed by atoms with Crippen LogP contribution in [0, 0.1) is 5.92 Å². The van der Waals surface area contributed by atoms with Crippen LogP contribution in [0.25, 0.3) is 0 Å². The molecule has 2 saturated heterocycles. The van der Waals surface area contributed by atoms with Crippen LogP contribution in [0.2, 0.25) is 0 Å². The number of piperidine rings is 2. The molecule has 158 valence electrons. The van der Waals surface area contributed by atoms with E-state index in [0.29, 0.717) is 18.3 Å². The number of thioether (sulfide) groups is 1. The van der Waals surface area contributed by atoms with E-state index in [1.165, 1.54) is 4.91 Å². The lowest BCUT2D eigenvalue weighted by Crippen LogP contribution is -2.47. The molecule has 0 N–H and O–H groups in total. The van der Waals surface area contributed by atoms with Crippen LogP contribution >= 0.6 is 11.8 Å². The van der Waals surface area contributed by atoms with Crippen molar-refractivity contribution in [2.45, 2.75) is 57.3 Å². The van der Waals surface area contributed by atoms with Gasteiger partial charge in [-0.05, 0) is 70.8 Å². The van der Waals surface area contributed by atoms with Gasteiger partial charge in [0.2, 0.25) is 5.91 Å². The molecule has 0 unspecified atom stereocenters. The summed E-state index contributed by atoms with van der Waals surface area (Å²) in [5.74, 6) is 0.291. The summed E-state index contributed by atoms with van der Waals surface area (Å²) in [6.07, 6.45) is 13.3. The Morgan fingerprint density at radius 1 is 1.03 bits per heavy atom. The third-order valence-corrected chi connectivity index (χ3v) is 6.70. The van der Waals surface area contributed by atoms with E-state index < -0.39 is 5.60 Å². The molecular weight excluding hydrogens is 384 g/mol. The Morgan fingerprint density at radius 2 is 1.69 bits per heavy atom. The van der Waals surface area contributed by atoms with Gasteiger partial charge in [0.15, 0.2) is 0 Å². The van der Waals surface area contributed by atoms with Crippen LogP contribution in [0.3, 0.4) is 0 Å². The standard InChI is InChI=1S/C23H32N2O3S/c1-23(2,3)28-22(27)25-14-10-18(11-15-25)21(26)24-16-12-20(13-17-24)29-19-8-6-4-5-7-9-19/h4,6-9,18,20H,10-17H2,1-3H3. The Kier molecular flexibility index (Phi) is 7.31. The van der Waals surface area contributed by atoms with Crippen molar-refractivity contribution in [3.63, 3.8) is 0 Å². The molecule has 3 rings (SSSR count). The third kappa shape index (κ3) is 6.55. The molecule has 2 amide bonds. The Morgan fingerprint density at radius 3 is 2.34 bits per heavy atom. The van der Waals surface area contributed by atoms with Crippen molar-refractivity contribution in [1.82, 2.24) is 9.80 Å². The van der Waals surface area contributed by atoms with Gasteiger partial charge in [0.1, 0.15) is 5.60 Å². The van der Waals surface area contributed by atoms with Gasteiger partial charge >= 0.3 is 6.09 Å². The third-order valence-electron chi connectivity index (χ3n) is 5.35. The van der Waals surface area contributed by atoms with Gasteiger partial charge < -0.3 is 14.5 Å². The Balaban J connectivity index is 1.41. The van der Waals surface area contributed by atoms with Gasteiger partial charge in [-0.1, -0.05) is 6.08 Å². The molecule has 0 aromatic heterocycles. The van der Waals surface area contributed by atoms with Gasteiger partial charge in [-0.15, -0.1) is 17.5 Å². The van der Waals surface area contributed by atoms with Crippen molar-refractivity contribution in [2.24, 2.45) is 5.92 Å². The molecule has 2 heterocycles. The van der Waals surface area contributed by atoms with Gasteiger partial charge in [-0.3, -0.25) is 4.79 Å². The van der Waals surface area contributed by atoms with Crippen LogP contribution in [0.1, 0.15) is 46.5 Å². The van der Waals surface area contributed by atoms with Crippen LogP contribution in [0.4, 0.5) is 4.79 Å². The Labute approximate surface area is 178 Å². The summed E-state index contributed by atoms with van der Waals surface area (Å²) in [5.41, 5.74) is 2.60. The summed E-state index contributed by atoms with van der Waals surface area (Å²) >= 11 is 1.90. The molecule has 0 aromatic rings. The highest BCUT2D eigenvalue weighted by Crippen LogP contribution is 2.32. The molecule has 0 spiro atoms.